The second kappa shape index (κ2) is 12.8. The number of carbonyl (C=O) groups is 1. The van der Waals surface area contributed by atoms with Crippen molar-refractivity contribution < 1.29 is 27.1 Å². The van der Waals surface area contributed by atoms with Gasteiger partial charge in [0.1, 0.15) is 18.3 Å². The van der Waals surface area contributed by atoms with Gasteiger partial charge in [-0.1, -0.05) is 51.0 Å². The summed E-state index contributed by atoms with van der Waals surface area (Å²) < 4.78 is 61.6. The highest BCUT2D eigenvalue weighted by molar-refractivity contribution is 5.84. The molecule has 41 heavy (non-hydrogen) atoms. The number of pyridine rings is 1. The second-order valence-corrected chi connectivity index (χ2v) is 10.5. The van der Waals surface area contributed by atoms with Crippen molar-refractivity contribution in [1.82, 2.24) is 25.3 Å². The Morgan fingerprint density at radius 1 is 1.10 bits per heavy atom. The number of benzene rings is 2. The van der Waals surface area contributed by atoms with Crippen LogP contribution in [0, 0.1) is 29.2 Å². The van der Waals surface area contributed by atoms with Crippen LogP contribution in [0.25, 0.3) is 10.9 Å². The molecule has 0 amide bonds. The highest BCUT2D eigenvalue weighted by Gasteiger charge is 2.34. The molecule has 218 valence electrons. The zero-order valence-electron chi connectivity index (χ0n) is 23.4. The Bertz CT molecular complexity index is 1500. The largest absolute Gasteiger partial charge is 0.479 e. The lowest BCUT2D eigenvalue weighted by atomic mass is 9.85. The number of nitrogens with zero attached hydrogens (tertiary/aromatic N) is 4. The fourth-order valence-electron chi connectivity index (χ4n) is 4.53. The fraction of sp³-hybridized carbons (Fsp3) is 0.400. The average Bonchev–Trinajstić information content (AvgIpc) is 3.45. The Morgan fingerprint density at radius 3 is 2.51 bits per heavy atom. The average molecular weight is 572 g/mol. The Hall–Kier alpha value is -3.86. The number of aromatic nitrogens is 4. The molecule has 0 unspecified atom stereocenters. The quantitative estimate of drug-likeness (QED) is 0.147. The molecule has 0 saturated heterocycles. The van der Waals surface area contributed by atoms with Gasteiger partial charge in [-0.15, -0.1) is 5.10 Å². The number of hydrogen-bond acceptors (Lipinski definition) is 6. The third kappa shape index (κ3) is 6.56. The molecular weight excluding hydrogens is 538 g/mol. The third-order valence-electron chi connectivity index (χ3n) is 7.48. The van der Waals surface area contributed by atoms with E-state index in [0.717, 1.165) is 22.9 Å². The summed E-state index contributed by atoms with van der Waals surface area (Å²) in [6, 6.07) is 9.17. The second-order valence-electron chi connectivity index (χ2n) is 10.5. The number of halogens is 4. The van der Waals surface area contributed by atoms with Crippen LogP contribution in [0.3, 0.4) is 0 Å². The summed E-state index contributed by atoms with van der Waals surface area (Å²) >= 11 is 0. The zero-order valence-corrected chi connectivity index (χ0v) is 23.4. The molecule has 2 atom stereocenters. The van der Waals surface area contributed by atoms with Crippen LogP contribution < -0.4 is 10.1 Å². The SMILES string of the molecule is CCCC[C@@H](C(=O)COc1c(F)c(F)cc(F)c1F)n1cc([C@@](C)(NCc2ccc3ncccc3c2)C(C)C)nn1. The lowest BCUT2D eigenvalue weighted by Crippen LogP contribution is -2.44. The van der Waals surface area contributed by atoms with Crippen molar-refractivity contribution in [3.63, 3.8) is 0 Å². The van der Waals surface area contributed by atoms with Crippen molar-refractivity contribution in [2.75, 3.05) is 6.61 Å². The minimum atomic E-state index is -1.70. The first-order valence-electron chi connectivity index (χ1n) is 13.5. The predicted octanol–water partition coefficient (Wildman–Crippen LogP) is 6.42. The molecule has 4 aromatic rings. The van der Waals surface area contributed by atoms with E-state index in [0.29, 0.717) is 25.1 Å². The van der Waals surface area contributed by atoms with Gasteiger partial charge >= 0.3 is 0 Å². The van der Waals surface area contributed by atoms with Crippen molar-refractivity contribution in [3.05, 3.63) is 83.3 Å². The van der Waals surface area contributed by atoms with E-state index in [-0.39, 0.29) is 12.0 Å². The molecule has 0 bridgehead atoms. The molecule has 0 aliphatic rings. The van der Waals surface area contributed by atoms with E-state index in [1.807, 2.05) is 52.0 Å². The lowest BCUT2D eigenvalue weighted by molar-refractivity contribution is -0.124. The fourth-order valence-corrected chi connectivity index (χ4v) is 4.53. The van der Waals surface area contributed by atoms with E-state index in [1.165, 1.54) is 4.68 Å². The minimum Gasteiger partial charge on any atom is -0.479 e. The van der Waals surface area contributed by atoms with Gasteiger partial charge in [0.15, 0.2) is 23.2 Å². The van der Waals surface area contributed by atoms with Crippen molar-refractivity contribution in [3.8, 4) is 5.75 Å². The summed E-state index contributed by atoms with van der Waals surface area (Å²) in [5.41, 5.74) is 1.95. The Kier molecular flexibility index (Phi) is 9.37. The lowest BCUT2D eigenvalue weighted by Gasteiger charge is -2.33. The van der Waals surface area contributed by atoms with Gasteiger partial charge in [0.25, 0.3) is 0 Å². The van der Waals surface area contributed by atoms with E-state index in [9.17, 15) is 22.4 Å². The molecule has 1 N–H and O–H groups in total. The van der Waals surface area contributed by atoms with E-state index in [1.54, 1.807) is 12.4 Å². The molecule has 0 aliphatic carbocycles. The highest BCUT2D eigenvalue weighted by atomic mass is 19.2. The number of rotatable bonds is 13. The van der Waals surface area contributed by atoms with Crippen LogP contribution in [0.4, 0.5) is 17.6 Å². The van der Waals surface area contributed by atoms with E-state index in [4.69, 9.17) is 4.74 Å². The number of unbranched alkanes of at least 4 members (excludes halogenated alkanes) is 1. The maximum atomic E-state index is 14.0. The van der Waals surface area contributed by atoms with Crippen molar-refractivity contribution in [1.29, 1.82) is 0 Å². The van der Waals surface area contributed by atoms with Gasteiger partial charge < -0.3 is 10.1 Å². The standard InChI is InChI=1S/C30H33F4N5O2/c1-5-6-9-24(25(40)17-41-29-27(33)21(31)14-22(32)28(29)34)39-16-26(37-38-39)30(4,18(2)3)36-15-19-10-11-23-20(13-19)8-7-12-35-23/h7-8,10-14,16,18,24,36H,5-6,9,15,17H2,1-4H3/t24-,30-/m0/s1. The van der Waals surface area contributed by atoms with Gasteiger partial charge in [0, 0.05) is 24.2 Å². The summed E-state index contributed by atoms with van der Waals surface area (Å²) in [5, 5.41) is 13.2. The normalized spacial score (nSPS) is 13.9. The number of ketones is 1. The van der Waals surface area contributed by atoms with Crippen LogP contribution >= 0.6 is 0 Å². The number of fused-ring (bicyclic) bond motifs is 1. The molecule has 0 spiro atoms. The summed E-state index contributed by atoms with van der Waals surface area (Å²) in [6.07, 6.45) is 5.22. The van der Waals surface area contributed by atoms with Gasteiger partial charge in [-0.05, 0) is 43.0 Å². The topological polar surface area (TPSA) is 81.9 Å². The molecule has 2 aromatic heterocycles. The summed E-state index contributed by atoms with van der Waals surface area (Å²) in [7, 11) is 0. The highest BCUT2D eigenvalue weighted by Crippen LogP contribution is 2.30. The molecule has 0 radical (unpaired) electrons. The van der Waals surface area contributed by atoms with Gasteiger partial charge in [-0.3, -0.25) is 9.78 Å². The Morgan fingerprint density at radius 2 is 1.83 bits per heavy atom. The van der Waals surface area contributed by atoms with E-state index in [2.05, 4.69) is 26.7 Å². The molecule has 0 saturated carbocycles. The zero-order chi connectivity index (χ0) is 29.7. The number of Topliss-reactive ketones (excluding diaryl/α,β-unsaturated/α-hetero) is 1. The van der Waals surface area contributed by atoms with E-state index < -0.39 is 53.0 Å². The number of carbonyl (C=O) groups excluding carboxylic acids is 1. The number of nitrogens with one attached hydrogen (secondary N) is 1. The maximum absolute atomic E-state index is 14.0. The van der Waals surface area contributed by atoms with Crippen molar-refractivity contribution in [2.45, 2.75) is 65.1 Å². The van der Waals surface area contributed by atoms with Crippen molar-refractivity contribution >= 4 is 16.7 Å². The van der Waals surface area contributed by atoms with Crippen LogP contribution in [0.15, 0.2) is 48.8 Å². The van der Waals surface area contributed by atoms with Crippen LogP contribution in [-0.4, -0.2) is 32.4 Å². The van der Waals surface area contributed by atoms with Crippen LogP contribution in [0.2, 0.25) is 0 Å². The summed E-state index contributed by atoms with van der Waals surface area (Å²) in [4.78, 5) is 17.5. The number of ether oxygens (including phenoxy) is 1. The van der Waals surface area contributed by atoms with Gasteiger partial charge in [-0.2, -0.15) is 8.78 Å². The minimum absolute atomic E-state index is 0.0803. The Balaban J connectivity index is 1.53. The smallest absolute Gasteiger partial charge is 0.203 e. The molecule has 0 aliphatic heterocycles. The Labute approximate surface area is 235 Å². The molecule has 4 rings (SSSR count). The van der Waals surface area contributed by atoms with Crippen LogP contribution in [0.1, 0.15) is 64.3 Å². The van der Waals surface area contributed by atoms with E-state index >= 15 is 0 Å². The predicted molar refractivity (Wildman–Crippen MR) is 146 cm³/mol. The molecule has 0 fully saturated rings. The molecule has 2 aromatic carbocycles. The molecule has 7 nitrogen and oxygen atoms in total. The summed E-state index contributed by atoms with van der Waals surface area (Å²) in [6.45, 7) is 7.78. The molecular formula is C30H33F4N5O2. The maximum Gasteiger partial charge on any atom is 0.203 e. The first-order chi connectivity index (χ1) is 19.5. The van der Waals surface area contributed by atoms with Crippen LogP contribution in [-0.2, 0) is 16.9 Å². The third-order valence-corrected chi connectivity index (χ3v) is 7.48. The van der Waals surface area contributed by atoms with Gasteiger partial charge in [0.2, 0.25) is 11.6 Å². The molecule has 2 heterocycles. The monoisotopic (exact) mass is 571 g/mol. The van der Waals surface area contributed by atoms with Gasteiger partial charge in [-0.25, -0.2) is 13.5 Å². The van der Waals surface area contributed by atoms with Crippen molar-refractivity contribution in [2.24, 2.45) is 5.92 Å². The van der Waals surface area contributed by atoms with Crippen LogP contribution in [0.5, 0.6) is 5.75 Å². The number of hydrogen-bond donors (Lipinski definition) is 1. The summed E-state index contributed by atoms with van der Waals surface area (Å²) in [5.74, 6) is -8.40. The van der Waals surface area contributed by atoms with Gasteiger partial charge in [0.05, 0.1) is 17.3 Å². The first kappa shape index (κ1) is 30.1. The molecule has 11 heteroatoms. The first-order valence-corrected chi connectivity index (χ1v) is 13.5.